The summed E-state index contributed by atoms with van der Waals surface area (Å²) in [5.41, 5.74) is 7.88. The van der Waals surface area contributed by atoms with Gasteiger partial charge in [0.25, 0.3) is 0 Å². The summed E-state index contributed by atoms with van der Waals surface area (Å²) < 4.78 is 0. The normalized spacial score (nSPS) is 30.4. The predicted octanol–water partition coefficient (Wildman–Crippen LogP) is 9.40. The van der Waals surface area contributed by atoms with Crippen molar-refractivity contribution < 1.29 is 0 Å². The highest BCUT2D eigenvalue weighted by Crippen LogP contribution is 2.53. The molecular formula is C32H55N. The molecular weight excluding hydrogens is 398 g/mol. The maximum atomic E-state index is 2.89. The van der Waals surface area contributed by atoms with Crippen molar-refractivity contribution in [1.82, 2.24) is 4.90 Å². The minimum absolute atomic E-state index is 0.424. The van der Waals surface area contributed by atoms with Crippen LogP contribution >= 0.6 is 0 Å². The smallest absolute Gasteiger partial charge is 0.0177 e. The average molecular weight is 454 g/mol. The fourth-order valence-electron chi connectivity index (χ4n) is 7.73. The van der Waals surface area contributed by atoms with Gasteiger partial charge in [-0.3, -0.25) is 0 Å². The number of nitrogens with zero attached hydrogens (tertiary/aromatic N) is 1. The number of allylic oxidation sites excluding steroid dienone is 4. The van der Waals surface area contributed by atoms with E-state index in [9.17, 15) is 0 Å². The second-order valence-corrected chi connectivity index (χ2v) is 13.7. The van der Waals surface area contributed by atoms with Crippen LogP contribution in [-0.4, -0.2) is 18.0 Å². The predicted molar refractivity (Wildman–Crippen MR) is 144 cm³/mol. The molecule has 0 radical (unpaired) electrons. The van der Waals surface area contributed by atoms with Crippen LogP contribution in [0.25, 0.3) is 0 Å². The summed E-state index contributed by atoms with van der Waals surface area (Å²) >= 11 is 0. The molecule has 0 N–H and O–H groups in total. The van der Waals surface area contributed by atoms with Crippen LogP contribution in [-0.2, 0) is 0 Å². The molecule has 1 saturated heterocycles. The van der Waals surface area contributed by atoms with Gasteiger partial charge in [-0.05, 0) is 112 Å². The molecule has 3 aliphatic carbocycles. The van der Waals surface area contributed by atoms with Gasteiger partial charge in [-0.2, -0.15) is 0 Å². The maximum absolute atomic E-state index is 2.89. The first-order valence-corrected chi connectivity index (χ1v) is 14.9. The van der Waals surface area contributed by atoms with Crippen LogP contribution in [0.15, 0.2) is 22.4 Å². The number of piperidine rings is 1. The third-order valence-corrected chi connectivity index (χ3v) is 10.1. The van der Waals surface area contributed by atoms with Crippen LogP contribution in [0.4, 0.5) is 0 Å². The van der Waals surface area contributed by atoms with Crippen LogP contribution < -0.4 is 0 Å². The summed E-state index contributed by atoms with van der Waals surface area (Å²) in [6, 6.07) is 0. The molecule has 4 fully saturated rings. The van der Waals surface area contributed by atoms with Crippen LogP contribution in [0.1, 0.15) is 126 Å². The van der Waals surface area contributed by atoms with Gasteiger partial charge in [-0.15, -0.1) is 0 Å². The van der Waals surface area contributed by atoms with E-state index in [0.717, 1.165) is 35.5 Å². The molecule has 0 aromatic carbocycles. The molecule has 1 heterocycles. The molecule has 0 bridgehead atoms. The van der Waals surface area contributed by atoms with Gasteiger partial charge in [0.15, 0.2) is 0 Å². The van der Waals surface area contributed by atoms with Crippen molar-refractivity contribution >= 4 is 0 Å². The van der Waals surface area contributed by atoms with Gasteiger partial charge < -0.3 is 4.90 Å². The van der Waals surface area contributed by atoms with Gasteiger partial charge in [-0.1, -0.05) is 65.2 Å². The van der Waals surface area contributed by atoms with Crippen molar-refractivity contribution in [3.05, 3.63) is 22.4 Å². The first-order valence-electron chi connectivity index (χ1n) is 14.9. The molecule has 1 nitrogen and oxygen atoms in total. The molecule has 4 rings (SSSR count). The lowest BCUT2D eigenvalue weighted by Gasteiger charge is -2.51. The van der Waals surface area contributed by atoms with Crippen molar-refractivity contribution in [2.45, 2.75) is 126 Å². The lowest BCUT2D eigenvalue weighted by molar-refractivity contribution is 0.0787. The van der Waals surface area contributed by atoms with Crippen molar-refractivity contribution in [1.29, 1.82) is 0 Å². The molecule has 1 heteroatoms. The quantitative estimate of drug-likeness (QED) is 0.314. The number of likely N-dealkylation sites (tertiary alicyclic amines) is 1. The Morgan fingerprint density at radius 2 is 1.70 bits per heavy atom. The summed E-state index contributed by atoms with van der Waals surface area (Å²) in [5, 5.41) is 0. The van der Waals surface area contributed by atoms with Gasteiger partial charge in [-0.25, -0.2) is 0 Å². The maximum Gasteiger partial charge on any atom is 0.0177 e. The van der Waals surface area contributed by atoms with Gasteiger partial charge in [0.05, 0.1) is 0 Å². The summed E-state index contributed by atoms with van der Waals surface area (Å²) in [6.45, 7) is 19.8. The first-order chi connectivity index (χ1) is 15.7. The SMILES string of the molecule is CCC(CC)=C1[C@H]2CC[C@H]2CCN1CCC1CC[C@@H]1C(=C1CCC1)C(CC(C)(C)C)C(C)C. The number of fused-ring (bicyclic) bond motifs is 1. The zero-order valence-electron chi connectivity index (χ0n) is 23.3. The molecule has 0 aromatic heterocycles. The van der Waals surface area contributed by atoms with E-state index in [0.29, 0.717) is 5.41 Å². The van der Waals surface area contributed by atoms with E-state index < -0.39 is 0 Å². The largest absolute Gasteiger partial charge is 0.375 e. The van der Waals surface area contributed by atoms with Gasteiger partial charge in [0, 0.05) is 24.7 Å². The first kappa shape index (κ1) is 25.4. The molecule has 4 aliphatic rings. The lowest BCUT2D eigenvalue weighted by Crippen LogP contribution is -2.45. The second kappa shape index (κ2) is 10.5. The summed E-state index contributed by atoms with van der Waals surface area (Å²) in [4.78, 5) is 2.89. The second-order valence-electron chi connectivity index (χ2n) is 13.7. The van der Waals surface area contributed by atoms with E-state index in [1.54, 1.807) is 5.57 Å². The third-order valence-electron chi connectivity index (χ3n) is 10.1. The Kier molecular flexibility index (Phi) is 8.07. The van der Waals surface area contributed by atoms with Gasteiger partial charge in [0.1, 0.15) is 0 Å². The van der Waals surface area contributed by atoms with Crippen LogP contribution in [0, 0.1) is 40.9 Å². The van der Waals surface area contributed by atoms with Crippen LogP contribution in [0.5, 0.6) is 0 Å². The van der Waals surface area contributed by atoms with E-state index >= 15 is 0 Å². The molecule has 5 atom stereocenters. The van der Waals surface area contributed by atoms with E-state index in [-0.39, 0.29) is 0 Å². The van der Waals surface area contributed by atoms with Crippen LogP contribution in [0.3, 0.4) is 0 Å². The number of hydrogen-bond donors (Lipinski definition) is 0. The number of hydrogen-bond acceptors (Lipinski definition) is 1. The Balaban J connectivity index is 1.47. The standard InChI is InChI=1S/C32H55N/c1-8-23(9-2)31-28-16-14-25(28)18-20-33(31)19-17-24-13-15-27(24)30(26-11-10-12-26)29(22(3)4)21-32(5,6)7/h22,24-25,27-29H,8-21H2,1-7H3/t24?,25-,27-,28-,29?/m0/s1. The topological polar surface area (TPSA) is 3.24 Å². The average Bonchev–Trinajstić information content (AvgIpc) is 2.66. The molecule has 0 amide bonds. The number of rotatable bonds is 9. The third kappa shape index (κ3) is 5.43. The van der Waals surface area contributed by atoms with Gasteiger partial charge in [0.2, 0.25) is 0 Å². The van der Waals surface area contributed by atoms with E-state index in [1.807, 2.05) is 16.8 Å². The van der Waals surface area contributed by atoms with E-state index in [4.69, 9.17) is 0 Å². The monoisotopic (exact) mass is 453 g/mol. The highest BCUT2D eigenvalue weighted by atomic mass is 15.2. The Morgan fingerprint density at radius 1 is 0.970 bits per heavy atom. The van der Waals surface area contributed by atoms with Gasteiger partial charge >= 0.3 is 0 Å². The van der Waals surface area contributed by atoms with E-state index in [2.05, 4.69) is 53.4 Å². The summed E-state index contributed by atoms with van der Waals surface area (Å²) in [7, 11) is 0. The summed E-state index contributed by atoms with van der Waals surface area (Å²) in [5.74, 6) is 5.36. The van der Waals surface area contributed by atoms with E-state index in [1.165, 1.54) is 90.1 Å². The minimum atomic E-state index is 0.424. The molecule has 2 unspecified atom stereocenters. The molecule has 188 valence electrons. The molecule has 3 saturated carbocycles. The highest BCUT2D eigenvalue weighted by molar-refractivity contribution is 5.28. The fraction of sp³-hybridized carbons (Fsp3) is 0.875. The minimum Gasteiger partial charge on any atom is -0.375 e. The zero-order chi connectivity index (χ0) is 23.8. The molecule has 0 aromatic rings. The van der Waals surface area contributed by atoms with Crippen molar-refractivity contribution in [3.63, 3.8) is 0 Å². The lowest BCUT2D eigenvalue weighted by atomic mass is 9.59. The van der Waals surface area contributed by atoms with Crippen LogP contribution in [0.2, 0.25) is 0 Å². The fourth-order valence-corrected chi connectivity index (χ4v) is 7.73. The molecule has 33 heavy (non-hydrogen) atoms. The molecule has 0 spiro atoms. The Morgan fingerprint density at radius 3 is 2.15 bits per heavy atom. The van der Waals surface area contributed by atoms with Crippen molar-refractivity contribution in [2.75, 3.05) is 13.1 Å². The Hall–Kier alpha value is -0.720. The Bertz CT molecular complexity index is 720. The Labute approximate surface area is 206 Å². The van der Waals surface area contributed by atoms with Crippen molar-refractivity contribution in [2.24, 2.45) is 40.9 Å². The zero-order valence-corrected chi connectivity index (χ0v) is 23.3. The highest BCUT2D eigenvalue weighted by Gasteiger charge is 2.43. The van der Waals surface area contributed by atoms with Crippen molar-refractivity contribution in [3.8, 4) is 0 Å². The molecule has 1 aliphatic heterocycles. The summed E-state index contributed by atoms with van der Waals surface area (Å²) in [6.07, 6.45) is 16.9.